The topological polar surface area (TPSA) is 88.4 Å². The SMILES string of the molecule is O=c1ccc(-c2cccnc2)nn1CC1CN(S(=O)(=O)N2CCCCCC2)C1. The molecule has 0 amide bonds. The zero-order valence-corrected chi connectivity index (χ0v) is 16.6. The average molecular weight is 404 g/mol. The molecule has 0 unspecified atom stereocenters. The van der Waals surface area contributed by atoms with Crippen molar-refractivity contribution in [2.75, 3.05) is 26.2 Å². The number of rotatable bonds is 5. The van der Waals surface area contributed by atoms with Gasteiger partial charge in [-0.25, -0.2) is 4.68 Å². The van der Waals surface area contributed by atoms with Gasteiger partial charge in [-0.05, 0) is 31.0 Å². The molecule has 2 aromatic heterocycles. The van der Waals surface area contributed by atoms with Gasteiger partial charge in [0.05, 0.1) is 12.2 Å². The van der Waals surface area contributed by atoms with Gasteiger partial charge in [-0.15, -0.1) is 0 Å². The summed E-state index contributed by atoms with van der Waals surface area (Å²) in [6.45, 7) is 2.50. The fourth-order valence-corrected chi connectivity index (χ4v) is 5.60. The Morgan fingerprint density at radius 2 is 1.75 bits per heavy atom. The maximum absolute atomic E-state index is 12.8. The lowest BCUT2D eigenvalue weighted by Crippen LogP contribution is -2.56. The predicted octanol–water partition coefficient (Wildman–Crippen LogP) is 1.36. The number of hydrogen-bond donors (Lipinski definition) is 0. The molecule has 4 heterocycles. The highest BCUT2D eigenvalue weighted by atomic mass is 32.2. The lowest BCUT2D eigenvalue weighted by Gasteiger charge is -2.40. The predicted molar refractivity (Wildman–Crippen MR) is 106 cm³/mol. The third-order valence-corrected chi connectivity index (χ3v) is 7.36. The second-order valence-electron chi connectivity index (χ2n) is 7.48. The Hall–Kier alpha value is -2.10. The second-order valence-corrected chi connectivity index (χ2v) is 9.41. The van der Waals surface area contributed by atoms with Crippen LogP contribution < -0.4 is 5.56 Å². The molecule has 150 valence electrons. The molecule has 2 aromatic rings. The van der Waals surface area contributed by atoms with Gasteiger partial charge in [0.2, 0.25) is 0 Å². The van der Waals surface area contributed by atoms with Gasteiger partial charge in [0.15, 0.2) is 0 Å². The molecule has 28 heavy (non-hydrogen) atoms. The van der Waals surface area contributed by atoms with E-state index < -0.39 is 10.2 Å². The van der Waals surface area contributed by atoms with Crippen molar-refractivity contribution in [3.05, 3.63) is 47.0 Å². The molecule has 0 N–H and O–H groups in total. The molecule has 2 saturated heterocycles. The largest absolute Gasteiger partial charge is 0.281 e. The van der Waals surface area contributed by atoms with Crippen molar-refractivity contribution >= 4 is 10.2 Å². The molecule has 0 radical (unpaired) electrons. The van der Waals surface area contributed by atoms with Crippen molar-refractivity contribution < 1.29 is 8.42 Å². The van der Waals surface area contributed by atoms with Crippen LogP contribution in [0.2, 0.25) is 0 Å². The van der Waals surface area contributed by atoms with Crippen molar-refractivity contribution in [2.24, 2.45) is 5.92 Å². The number of pyridine rings is 1. The third-order valence-electron chi connectivity index (χ3n) is 5.40. The van der Waals surface area contributed by atoms with Crippen LogP contribution in [0, 0.1) is 5.92 Å². The fraction of sp³-hybridized carbons (Fsp3) is 0.526. The fourth-order valence-electron chi connectivity index (χ4n) is 3.75. The Morgan fingerprint density at radius 1 is 1.00 bits per heavy atom. The van der Waals surface area contributed by atoms with E-state index in [2.05, 4.69) is 10.1 Å². The van der Waals surface area contributed by atoms with Crippen molar-refractivity contribution in [3.8, 4) is 11.3 Å². The minimum absolute atomic E-state index is 0.0936. The summed E-state index contributed by atoms with van der Waals surface area (Å²) >= 11 is 0. The van der Waals surface area contributed by atoms with Gasteiger partial charge in [0.25, 0.3) is 15.8 Å². The van der Waals surface area contributed by atoms with Crippen molar-refractivity contribution in [2.45, 2.75) is 32.2 Å². The van der Waals surface area contributed by atoms with Crippen LogP contribution in [0.3, 0.4) is 0 Å². The first-order valence-electron chi connectivity index (χ1n) is 9.78. The van der Waals surface area contributed by atoms with Crippen LogP contribution in [-0.4, -0.2) is 58.0 Å². The van der Waals surface area contributed by atoms with Gasteiger partial charge in [0, 0.05) is 56.1 Å². The second kappa shape index (κ2) is 8.10. The van der Waals surface area contributed by atoms with E-state index in [0.717, 1.165) is 31.2 Å². The summed E-state index contributed by atoms with van der Waals surface area (Å²) in [5.41, 5.74) is 1.35. The summed E-state index contributed by atoms with van der Waals surface area (Å²) < 4.78 is 30.1. The van der Waals surface area contributed by atoms with Gasteiger partial charge in [-0.3, -0.25) is 9.78 Å². The highest BCUT2D eigenvalue weighted by Crippen LogP contribution is 2.25. The molecule has 2 aliphatic heterocycles. The van der Waals surface area contributed by atoms with Gasteiger partial charge in [-0.2, -0.15) is 22.1 Å². The summed E-state index contributed by atoms with van der Waals surface area (Å²) in [5.74, 6) is 0.0936. The first-order valence-corrected chi connectivity index (χ1v) is 11.2. The quantitative estimate of drug-likeness (QED) is 0.752. The molecule has 0 bridgehead atoms. The monoisotopic (exact) mass is 403 g/mol. The molecule has 0 atom stereocenters. The van der Waals surface area contributed by atoms with Crippen LogP contribution in [0.25, 0.3) is 11.3 Å². The minimum atomic E-state index is -3.38. The van der Waals surface area contributed by atoms with E-state index in [9.17, 15) is 13.2 Å². The molecular formula is C19H25N5O3S. The van der Waals surface area contributed by atoms with Crippen molar-refractivity contribution in [3.63, 3.8) is 0 Å². The van der Waals surface area contributed by atoms with Crippen LogP contribution in [0.1, 0.15) is 25.7 Å². The molecule has 0 aromatic carbocycles. The summed E-state index contributed by atoms with van der Waals surface area (Å²) in [4.78, 5) is 16.3. The minimum Gasteiger partial charge on any atom is -0.268 e. The maximum atomic E-state index is 12.8. The number of aromatic nitrogens is 3. The zero-order chi connectivity index (χ0) is 19.6. The Balaban J connectivity index is 1.41. The van der Waals surface area contributed by atoms with Crippen LogP contribution in [-0.2, 0) is 16.8 Å². The molecule has 4 rings (SSSR count). The molecule has 0 aliphatic carbocycles. The van der Waals surface area contributed by atoms with E-state index in [1.807, 2.05) is 12.1 Å². The Morgan fingerprint density at radius 3 is 2.43 bits per heavy atom. The number of hydrogen-bond acceptors (Lipinski definition) is 5. The van der Waals surface area contributed by atoms with Gasteiger partial charge >= 0.3 is 0 Å². The summed E-state index contributed by atoms with van der Waals surface area (Å²) in [5, 5.41) is 4.44. The van der Waals surface area contributed by atoms with Crippen molar-refractivity contribution in [1.82, 2.24) is 23.4 Å². The lowest BCUT2D eigenvalue weighted by atomic mass is 10.0. The van der Waals surface area contributed by atoms with Crippen LogP contribution in [0.5, 0.6) is 0 Å². The molecule has 0 spiro atoms. The summed E-state index contributed by atoms with van der Waals surface area (Å²) in [6.07, 6.45) is 7.43. The van der Waals surface area contributed by atoms with Crippen LogP contribution >= 0.6 is 0 Å². The Labute approximate surface area is 165 Å². The van der Waals surface area contributed by atoms with E-state index in [1.165, 1.54) is 15.1 Å². The van der Waals surface area contributed by atoms with Crippen LogP contribution in [0.4, 0.5) is 0 Å². The average Bonchev–Trinajstić information content (AvgIpc) is 2.96. The molecule has 9 heteroatoms. The van der Waals surface area contributed by atoms with Crippen molar-refractivity contribution in [1.29, 1.82) is 0 Å². The smallest absolute Gasteiger partial charge is 0.268 e. The van der Waals surface area contributed by atoms with E-state index >= 15 is 0 Å². The Bertz CT molecular complexity index is 963. The van der Waals surface area contributed by atoms with E-state index in [-0.39, 0.29) is 11.5 Å². The lowest BCUT2D eigenvalue weighted by molar-refractivity contribution is 0.161. The first kappa shape index (κ1) is 19.2. The third kappa shape index (κ3) is 4.01. The standard InChI is InChI=1S/C19H25N5O3S/c25-19-8-7-18(17-6-5-9-20-12-17)21-24(19)15-16-13-23(14-16)28(26,27)22-10-3-1-2-4-11-22/h5-9,12,16H,1-4,10-11,13-15H2. The Kier molecular flexibility index (Phi) is 5.56. The summed E-state index contributed by atoms with van der Waals surface area (Å²) in [6, 6.07) is 6.90. The van der Waals surface area contributed by atoms with E-state index in [1.54, 1.807) is 22.8 Å². The van der Waals surface area contributed by atoms with E-state index in [0.29, 0.717) is 38.4 Å². The van der Waals surface area contributed by atoms with E-state index in [4.69, 9.17) is 0 Å². The highest BCUT2D eigenvalue weighted by molar-refractivity contribution is 7.86. The zero-order valence-electron chi connectivity index (χ0n) is 15.8. The summed E-state index contributed by atoms with van der Waals surface area (Å²) in [7, 11) is -3.38. The molecule has 8 nitrogen and oxygen atoms in total. The van der Waals surface area contributed by atoms with Gasteiger partial charge < -0.3 is 0 Å². The first-order chi connectivity index (χ1) is 13.5. The molecular weight excluding hydrogens is 378 g/mol. The molecule has 2 aliphatic rings. The number of nitrogens with zero attached hydrogens (tertiary/aromatic N) is 5. The van der Waals surface area contributed by atoms with Gasteiger partial charge in [0.1, 0.15) is 0 Å². The normalized spacial score (nSPS) is 19.9. The van der Waals surface area contributed by atoms with Gasteiger partial charge in [-0.1, -0.05) is 12.8 Å². The molecule has 2 fully saturated rings. The molecule has 0 saturated carbocycles. The maximum Gasteiger partial charge on any atom is 0.281 e. The highest BCUT2D eigenvalue weighted by Gasteiger charge is 2.39. The van der Waals surface area contributed by atoms with Crippen LogP contribution in [0.15, 0.2) is 41.5 Å².